The second-order valence-electron chi connectivity index (χ2n) is 3.78. The number of carboxylic acids is 1. The first-order valence-corrected chi connectivity index (χ1v) is 5.25. The standard InChI is InChI=1S/C12H12N2O3/c1-7-13-9(5-6-11(16)17)8-3-2-4-10(15)12(8)14-7/h2-4,15H,5-6H2,1H3,(H,16,17). The van der Waals surface area contributed by atoms with Crippen molar-refractivity contribution in [3.8, 4) is 5.75 Å². The molecular formula is C12H12N2O3. The summed E-state index contributed by atoms with van der Waals surface area (Å²) in [4.78, 5) is 19.0. The van der Waals surface area contributed by atoms with Crippen molar-refractivity contribution in [2.45, 2.75) is 19.8 Å². The van der Waals surface area contributed by atoms with Gasteiger partial charge in [0.15, 0.2) is 0 Å². The Hall–Kier alpha value is -2.17. The highest BCUT2D eigenvalue weighted by atomic mass is 16.4. The summed E-state index contributed by atoms with van der Waals surface area (Å²) in [7, 11) is 0. The number of hydrogen-bond acceptors (Lipinski definition) is 4. The number of rotatable bonds is 3. The van der Waals surface area contributed by atoms with Crippen LogP contribution in [-0.2, 0) is 11.2 Å². The number of aromatic hydroxyl groups is 1. The minimum Gasteiger partial charge on any atom is -0.506 e. The number of benzene rings is 1. The number of aliphatic carboxylic acids is 1. The molecule has 0 aliphatic rings. The molecule has 0 saturated heterocycles. The SMILES string of the molecule is Cc1nc(CCC(=O)O)c2cccc(O)c2n1. The molecule has 88 valence electrons. The highest BCUT2D eigenvalue weighted by Gasteiger charge is 2.10. The van der Waals surface area contributed by atoms with E-state index in [4.69, 9.17) is 5.11 Å². The molecule has 0 spiro atoms. The lowest BCUT2D eigenvalue weighted by Crippen LogP contribution is -2.02. The van der Waals surface area contributed by atoms with Gasteiger partial charge in [0.2, 0.25) is 0 Å². The average molecular weight is 232 g/mol. The van der Waals surface area contributed by atoms with Crippen LogP contribution in [0.5, 0.6) is 5.75 Å². The minimum atomic E-state index is -0.866. The Morgan fingerprint density at radius 2 is 2.12 bits per heavy atom. The number of para-hydroxylation sites is 1. The molecule has 1 aromatic heterocycles. The Bertz CT molecular complexity index is 581. The van der Waals surface area contributed by atoms with Gasteiger partial charge in [0.25, 0.3) is 0 Å². The number of hydrogen-bond donors (Lipinski definition) is 2. The molecule has 0 unspecified atom stereocenters. The van der Waals surface area contributed by atoms with Gasteiger partial charge in [-0.3, -0.25) is 4.79 Å². The monoisotopic (exact) mass is 232 g/mol. The maximum Gasteiger partial charge on any atom is 0.303 e. The van der Waals surface area contributed by atoms with Gasteiger partial charge in [0.1, 0.15) is 17.1 Å². The van der Waals surface area contributed by atoms with Crippen LogP contribution in [-0.4, -0.2) is 26.2 Å². The van der Waals surface area contributed by atoms with Gasteiger partial charge in [0.05, 0.1) is 12.1 Å². The largest absolute Gasteiger partial charge is 0.506 e. The third-order valence-corrected chi connectivity index (χ3v) is 2.47. The van der Waals surface area contributed by atoms with Gasteiger partial charge in [-0.2, -0.15) is 0 Å². The van der Waals surface area contributed by atoms with Crippen LogP contribution in [0.3, 0.4) is 0 Å². The van der Waals surface area contributed by atoms with E-state index in [9.17, 15) is 9.90 Å². The third-order valence-electron chi connectivity index (χ3n) is 2.47. The summed E-state index contributed by atoms with van der Waals surface area (Å²) in [5.74, 6) is -0.251. The van der Waals surface area contributed by atoms with E-state index in [0.717, 1.165) is 0 Å². The van der Waals surface area contributed by atoms with Gasteiger partial charge in [-0.15, -0.1) is 0 Å². The van der Waals surface area contributed by atoms with Gasteiger partial charge in [-0.25, -0.2) is 9.97 Å². The highest BCUT2D eigenvalue weighted by molar-refractivity contribution is 5.86. The fourth-order valence-corrected chi connectivity index (χ4v) is 1.74. The molecule has 0 aliphatic carbocycles. The summed E-state index contributed by atoms with van der Waals surface area (Å²) >= 11 is 0. The topological polar surface area (TPSA) is 83.3 Å². The molecule has 0 aliphatic heterocycles. The van der Waals surface area contributed by atoms with E-state index in [-0.39, 0.29) is 12.2 Å². The summed E-state index contributed by atoms with van der Waals surface area (Å²) < 4.78 is 0. The Kier molecular flexibility index (Phi) is 2.91. The second kappa shape index (κ2) is 4.37. The number of aromatic nitrogens is 2. The molecule has 2 rings (SSSR count). The van der Waals surface area contributed by atoms with Crippen LogP contribution < -0.4 is 0 Å². The molecule has 5 nitrogen and oxygen atoms in total. The number of phenols is 1. The summed E-state index contributed by atoms with van der Waals surface area (Å²) in [5.41, 5.74) is 1.13. The molecule has 2 N–H and O–H groups in total. The molecule has 5 heteroatoms. The van der Waals surface area contributed by atoms with E-state index >= 15 is 0 Å². The van der Waals surface area contributed by atoms with Crippen LogP contribution in [0.1, 0.15) is 17.9 Å². The third kappa shape index (κ3) is 2.33. The number of fused-ring (bicyclic) bond motifs is 1. The zero-order chi connectivity index (χ0) is 12.4. The molecule has 0 bridgehead atoms. The maximum atomic E-state index is 10.6. The van der Waals surface area contributed by atoms with Gasteiger partial charge in [-0.05, 0) is 13.0 Å². The number of nitrogens with zero attached hydrogens (tertiary/aromatic N) is 2. The van der Waals surface area contributed by atoms with E-state index < -0.39 is 5.97 Å². The Morgan fingerprint density at radius 3 is 2.82 bits per heavy atom. The summed E-state index contributed by atoms with van der Waals surface area (Å²) in [6.45, 7) is 1.72. The van der Waals surface area contributed by atoms with Crippen LogP contribution in [0.25, 0.3) is 10.9 Å². The smallest absolute Gasteiger partial charge is 0.303 e. The molecule has 0 saturated carbocycles. The van der Waals surface area contributed by atoms with Crippen LogP contribution in [0.2, 0.25) is 0 Å². The van der Waals surface area contributed by atoms with Crippen LogP contribution in [0, 0.1) is 6.92 Å². The van der Waals surface area contributed by atoms with E-state index in [2.05, 4.69) is 9.97 Å². The Morgan fingerprint density at radius 1 is 1.35 bits per heavy atom. The van der Waals surface area contributed by atoms with Crippen LogP contribution in [0.4, 0.5) is 0 Å². The Labute approximate surface area is 97.8 Å². The molecule has 1 aromatic carbocycles. The van der Waals surface area contributed by atoms with E-state index in [1.807, 2.05) is 0 Å². The number of carboxylic acid groups (broad SMARTS) is 1. The molecule has 0 amide bonds. The molecule has 0 fully saturated rings. The number of aryl methyl sites for hydroxylation is 2. The molecule has 0 atom stereocenters. The quantitative estimate of drug-likeness (QED) is 0.840. The predicted octanol–water partition coefficient (Wildman–Crippen LogP) is 1.66. The highest BCUT2D eigenvalue weighted by Crippen LogP contribution is 2.24. The Balaban J connectivity index is 2.54. The molecular weight excluding hydrogens is 220 g/mol. The zero-order valence-corrected chi connectivity index (χ0v) is 9.34. The number of phenolic OH excluding ortho intramolecular Hbond substituents is 1. The van der Waals surface area contributed by atoms with Crippen molar-refractivity contribution in [1.29, 1.82) is 0 Å². The van der Waals surface area contributed by atoms with Crippen molar-refractivity contribution in [2.75, 3.05) is 0 Å². The second-order valence-corrected chi connectivity index (χ2v) is 3.78. The molecule has 0 radical (unpaired) electrons. The van der Waals surface area contributed by atoms with E-state index in [0.29, 0.717) is 28.8 Å². The molecule has 2 aromatic rings. The van der Waals surface area contributed by atoms with E-state index in [1.54, 1.807) is 25.1 Å². The first kappa shape index (κ1) is 11.3. The van der Waals surface area contributed by atoms with Crippen LogP contribution in [0.15, 0.2) is 18.2 Å². The van der Waals surface area contributed by atoms with E-state index in [1.165, 1.54) is 0 Å². The van der Waals surface area contributed by atoms with Crippen molar-refractivity contribution in [1.82, 2.24) is 9.97 Å². The van der Waals surface area contributed by atoms with Gasteiger partial charge in [-0.1, -0.05) is 12.1 Å². The minimum absolute atomic E-state index is 0.0151. The lowest BCUT2D eigenvalue weighted by molar-refractivity contribution is -0.136. The van der Waals surface area contributed by atoms with Crippen molar-refractivity contribution in [3.05, 3.63) is 29.7 Å². The normalized spacial score (nSPS) is 10.6. The van der Waals surface area contributed by atoms with Gasteiger partial charge >= 0.3 is 5.97 Å². The van der Waals surface area contributed by atoms with Crippen molar-refractivity contribution in [3.63, 3.8) is 0 Å². The fourth-order valence-electron chi connectivity index (χ4n) is 1.74. The fraction of sp³-hybridized carbons (Fsp3) is 0.250. The lowest BCUT2D eigenvalue weighted by atomic mass is 10.1. The molecule has 1 heterocycles. The van der Waals surface area contributed by atoms with Crippen molar-refractivity contribution in [2.24, 2.45) is 0 Å². The predicted molar refractivity (Wildman–Crippen MR) is 61.9 cm³/mol. The maximum absolute atomic E-state index is 10.6. The lowest BCUT2D eigenvalue weighted by Gasteiger charge is -2.06. The zero-order valence-electron chi connectivity index (χ0n) is 9.34. The van der Waals surface area contributed by atoms with Crippen LogP contribution >= 0.6 is 0 Å². The van der Waals surface area contributed by atoms with Gasteiger partial charge in [0, 0.05) is 11.8 Å². The summed E-state index contributed by atoms with van der Waals surface area (Å²) in [5, 5.41) is 19.1. The number of carbonyl (C=O) groups is 1. The van der Waals surface area contributed by atoms with Crippen molar-refractivity contribution >= 4 is 16.9 Å². The summed E-state index contributed by atoms with van der Waals surface area (Å²) in [6, 6.07) is 5.03. The first-order chi connectivity index (χ1) is 8.08. The average Bonchev–Trinajstić information content (AvgIpc) is 2.27. The van der Waals surface area contributed by atoms with Gasteiger partial charge < -0.3 is 10.2 Å². The summed E-state index contributed by atoms with van der Waals surface area (Å²) in [6.07, 6.45) is 0.347. The molecule has 17 heavy (non-hydrogen) atoms. The first-order valence-electron chi connectivity index (χ1n) is 5.25. The van der Waals surface area contributed by atoms with Crippen molar-refractivity contribution < 1.29 is 15.0 Å².